The van der Waals surface area contributed by atoms with E-state index in [1.165, 1.54) is 0 Å². The molecule has 0 saturated heterocycles. The van der Waals surface area contributed by atoms with Crippen molar-refractivity contribution in [3.63, 3.8) is 0 Å². The average molecular weight is 549 g/mol. The molecule has 31 heavy (non-hydrogen) atoms. The smallest absolute Gasteiger partial charge is 0.408 e. The van der Waals surface area contributed by atoms with Gasteiger partial charge in [-0.1, -0.05) is 19.9 Å². The molecule has 3 N–H and O–H groups in total. The molecule has 1 amide bonds. The Morgan fingerprint density at radius 2 is 1.81 bits per heavy atom. The lowest BCUT2D eigenvalue weighted by Crippen LogP contribution is -2.57. The van der Waals surface area contributed by atoms with Crippen LogP contribution in [0.2, 0.25) is 0 Å². The first-order chi connectivity index (χ1) is 14.1. The summed E-state index contributed by atoms with van der Waals surface area (Å²) in [6.07, 6.45) is 4.72. The van der Waals surface area contributed by atoms with Crippen LogP contribution in [0, 0.1) is 0 Å². The fraction of sp³-hybridized carbons (Fsp3) is 0.682. The molecule has 1 rings (SSSR count). The minimum absolute atomic E-state index is 0. The molecule has 0 radical (unpaired) electrons. The number of hydrogen-bond acceptors (Lipinski definition) is 4. The summed E-state index contributed by atoms with van der Waals surface area (Å²) in [4.78, 5) is 28.2. The maximum Gasteiger partial charge on any atom is 0.408 e. The Balaban J connectivity index is 0.00000900. The van der Waals surface area contributed by atoms with Gasteiger partial charge >= 0.3 is 6.09 Å². The lowest BCUT2D eigenvalue weighted by atomic mass is 9.93. The van der Waals surface area contributed by atoms with E-state index in [1.807, 2.05) is 46.9 Å². The van der Waals surface area contributed by atoms with E-state index in [2.05, 4.69) is 20.9 Å². The molecule has 178 valence electrons. The maximum atomic E-state index is 12.3. The van der Waals surface area contributed by atoms with Crippen LogP contribution in [0.1, 0.15) is 60.3 Å². The molecule has 0 bridgehead atoms. The molecule has 0 fully saturated rings. The van der Waals surface area contributed by atoms with Crippen molar-refractivity contribution in [3.05, 3.63) is 34.7 Å². The van der Waals surface area contributed by atoms with Crippen LogP contribution in [-0.4, -0.2) is 47.9 Å². The Morgan fingerprint density at radius 1 is 1.13 bits per heavy atom. The third-order valence-electron chi connectivity index (χ3n) is 4.95. The van der Waals surface area contributed by atoms with Crippen LogP contribution in [0.4, 0.5) is 4.79 Å². The highest BCUT2D eigenvalue weighted by Crippen LogP contribution is 2.16. The van der Waals surface area contributed by atoms with Gasteiger partial charge in [0.2, 0.25) is 5.56 Å². The molecule has 0 aliphatic heterocycles. The number of carbonyl (C=O) groups excluding carboxylic acids is 1. The Hall–Kier alpha value is -1.78. The van der Waals surface area contributed by atoms with Gasteiger partial charge in [0.1, 0.15) is 5.60 Å². The number of nitrogens with zero attached hydrogens (tertiary/aromatic N) is 2. The summed E-state index contributed by atoms with van der Waals surface area (Å²) in [5.74, 6) is 0.684. The van der Waals surface area contributed by atoms with Crippen molar-refractivity contribution in [2.75, 3.05) is 20.1 Å². The molecule has 0 saturated carbocycles. The molecule has 0 unspecified atom stereocenters. The molecule has 0 atom stereocenters. The number of alkyl carbamates (subject to hydrolysis) is 1. The minimum atomic E-state index is -0.535. The quantitative estimate of drug-likeness (QED) is 0.180. The van der Waals surface area contributed by atoms with Crippen LogP contribution in [0.5, 0.6) is 0 Å². The highest BCUT2D eigenvalue weighted by Gasteiger charge is 2.30. The first-order valence-electron chi connectivity index (χ1n) is 10.8. The fourth-order valence-corrected chi connectivity index (χ4v) is 2.97. The molecular weight excluding hydrogens is 509 g/mol. The van der Waals surface area contributed by atoms with Gasteiger partial charge in [-0.3, -0.25) is 9.79 Å². The van der Waals surface area contributed by atoms with E-state index in [-0.39, 0.29) is 29.5 Å². The first-order valence-corrected chi connectivity index (χ1v) is 10.8. The van der Waals surface area contributed by atoms with E-state index in [9.17, 15) is 9.59 Å². The van der Waals surface area contributed by atoms with Gasteiger partial charge in [0.05, 0.1) is 5.54 Å². The molecule has 8 nitrogen and oxygen atoms in total. The van der Waals surface area contributed by atoms with E-state index in [4.69, 9.17) is 4.74 Å². The van der Waals surface area contributed by atoms with Gasteiger partial charge in [-0.05, 0) is 52.5 Å². The molecule has 0 aliphatic rings. The third-order valence-corrected chi connectivity index (χ3v) is 4.95. The van der Waals surface area contributed by atoms with Crippen molar-refractivity contribution in [1.29, 1.82) is 0 Å². The van der Waals surface area contributed by atoms with E-state index in [1.54, 1.807) is 23.7 Å². The van der Waals surface area contributed by atoms with E-state index < -0.39 is 17.2 Å². The largest absolute Gasteiger partial charge is 0.444 e. The molecule has 0 spiro atoms. The molecule has 0 aromatic carbocycles. The highest BCUT2D eigenvalue weighted by atomic mass is 127. The lowest BCUT2D eigenvalue weighted by Gasteiger charge is -2.34. The second-order valence-corrected chi connectivity index (χ2v) is 8.41. The van der Waals surface area contributed by atoms with Crippen LogP contribution < -0.4 is 21.5 Å². The number of pyridine rings is 1. The summed E-state index contributed by atoms with van der Waals surface area (Å²) >= 11 is 0. The van der Waals surface area contributed by atoms with Gasteiger partial charge in [0, 0.05) is 38.9 Å². The van der Waals surface area contributed by atoms with Crippen molar-refractivity contribution in [3.8, 4) is 0 Å². The molecular formula is C22H40IN5O3. The van der Waals surface area contributed by atoms with E-state index in [0.717, 1.165) is 32.2 Å². The molecule has 1 heterocycles. The zero-order valence-electron chi connectivity index (χ0n) is 19.8. The summed E-state index contributed by atoms with van der Waals surface area (Å²) in [7, 11) is 1.72. The van der Waals surface area contributed by atoms with Crippen molar-refractivity contribution in [2.24, 2.45) is 4.99 Å². The zero-order chi connectivity index (χ0) is 22.6. The van der Waals surface area contributed by atoms with Crippen molar-refractivity contribution in [1.82, 2.24) is 20.5 Å². The minimum Gasteiger partial charge on any atom is -0.444 e. The number of nitrogens with one attached hydrogen (secondary N) is 3. The molecule has 9 heteroatoms. The number of ether oxygens (including phenoxy) is 1. The summed E-state index contributed by atoms with van der Waals surface area (Å²) in [6, 6.07) is 5.19. The number of aryl methyl sites for hydroxylation is 1. The normalized spacial score (nSPS) is 12.0. The molecule has 1 aromatic rings. The van der Waals surface area contributed by atoms with Crippen molar-refractivity contribution < 1.29 is 9.53 Å². The van der Waals surface area contributed by atoms with Gasteiger partial charge in [-0.15, -0.1) is 24.0 Å². The second-order valence-electron chi connectivity index (χ2n) is 8.41. The summed E-state index contributed by atoms with van der Waals surface area (Å²) in [5.41, 5.74) is -0.933. The first kappa shape index (κ1) is 29.2. The predicted molar refractivity (Wildman–Crippen MR) is 137 cm³/mol. The summed E-state index contributed by atoms with van der Waals surface area (Å²) in [5, 5.41) is 9.63. The van der Waals surface area contributed by atoms with Gasteiger partial charge in [-0.2, -0.15) is 0 Å². The van der Waals surface area contributed by atoms with E-state index >= 15 is 0 Å². The highest BCUT2D eigenvalue weighted by molar-refractivity contribution is 14.0. The third kappa shape index (κ3) is 11.4. The van der Waals surface area contributed by atoms with Gasteiger partial charge in [0.25, 0.3) is 0 Å². The second kappa shape index (κ2) is 14.3. The Kier molecular flexibility index (Phi) is 13.5. The standard InChI is InChI=1S/C22H39N5O3.HI/c1-7-22(8-2,26-20(29)30-21(3,4)5)17-25-19(23-6)24-14-10-12-16-27-15-11-9-13-18(27)28;/h9,11,13,15H,7-8,10,12,14,16-17H2,1-6H3,(H,26,29)(H2,23,24,25);1H. The van der Waals surface area contributed by atoms with Crippen LogP contribution in [0.3, 0.4) is 0 Å². The number of amides is 1. The topological polar surface area (TPSA) is 96.8 Å². The fourth-order valence-electron chi connectivity index (χ4n) is 2.97. The van der Waals surface area contributed by atoms with Gasteiger partial charge in [0.15, 0.2) is 5.96 Å². The number of unbranched alkanes of at least 4 members (excludes halogenated alkanes) is 1. The number of aliphatic imine (C=N–C) groups is 1. The number of halogens is 1. The monoisotopic (exact) mass is 549 g/mol. The summed E-state index contributed by atoms with van der Waals surface area (Å²) < 4.78 is 7.13. The Bertz CT molecular complexity index is 739. The van der Waals surface area contributed by atoms with Crippen molar-refractivity contribution in [2.45, 2.75) is 78.0 Å². The Labute approximate surface area is 203 Å². The zero-order valence-corrected chi connectivity index (χ0v) is 22.1. The van der Waals surface area contributed by atoms with Crippen LogP contribution >= 0.6 is 24.0 Å². The number of aromatic nitrogens is 1. The van der Waals surface area contributed by atoms with Gasteiger partial charge < -0.3 is 25.3 Å². The Morgan fingerprint density at radius 3 is 2.35 bits per heavy atom. The molecule has 0 aliphatic carbocycles. The predicted octanol–water partition coefficient (Wildman–Crippen LogP) is 3.50. The summed E-state index contributed by atoms with van der Waals surface area (Å²) in [6.45, 7) is 11.6. The van der Waals surface area contributed by atoms with Gasteiger partial charge in [-0.25, -0.2) is 4.79 Å². The number of carbonyl (C=O) groups is 1. The van der Waals surface area contributed by atoms with Crippen LogP contribution in [-0.2, 0) is 11.3 Å². The SMILES string of the molecule is CCC(CC)(CNC(=NC)NCCCCn1ccccc1=O)NC(=O)OC(C)(C)C.I. The van der Waals surface area contributed by atoms with E-state index in [0.29, 0.717) is 19.0 Å². The van der Waals surface area contributed by atoms with Crippen LogP contribution in [0.25, 0.3) is 0 Å². The maximum absolute atomic E-state index is 12.3. The number of hydrogen-bond donors (Lipinski definition) is 3. The number of guanidine groups is 1. The average Bonchev–Trinajstić information content (AvgIpc) is 2.69. The van der Waals surface area contributed by atoms with Crippen molar-refractivity contribution >= 4 is 36.0 Å². The molecule has 1 aromatic heterocycles. The lowest BCUT2D eigenvalue weighted by molar-refractivity contribution is 0.0448. The number of rotatable bonds is 10. The van der Waals surface area contributed by atoms with Crippen LogP contribution in [0.15, 0.2) is 34.2 Å².